The molecule has 3 aromatic carbocycles. The first-order chi connectivity index (χ1) is 17.5. The van der Waals surface area contributed by atoms with Gasteiger partial charge in [0.25, 0.3) is 15.9 Å². The van der Waals surface area contributed by atoms with Gasteiger partial charge >= 0.3 is 6.18 Å². The molecule has 0 aliphatic carbocycles. The van der Waals surface area contributed by atoms with Gasteiger partial charge in [0.15, 0.2) is 11.5 Å². The van der Waals surface area contributed by atoms with E-state index in [-0.39, 0.29) is 34.3 Å². The lowest BCUT2D eigenvalue weighted by molar-refractivity contribution is -0.137. The minimum absolute atomic E-state index is 0.00765. The molecule has 0 fully saturated rings. The fraction of sp³-hybridized carbons (Fsp3) is 0.0833. The fourth-order valence-corrected chi connectivity index (χ4v) is 4.37. The van der Waals surface area contributed by atoms with Gasteiger partial charge in [0.1, 0.15) is 11.6 Å². The van der Waals surface area contributed by atoms with Gasteiger partial charge in [-0.15, -0.1) is 0 Å². The summed E-state index contributed by atoms with van der Waals surface area (Å²) in [6.45, 7) is 0.0508. The molecule has 0 saturated carbocycles. The van der Waals surface area contributed by atoms with Crippen molar-refractivity contribution in [1.29, 1.82) is 5.26 Å². The number of ether oxygens (including phenoxy) is 2. The van der Waals surface area contributed by atoms with E-state index in [0.717, 1.165) is 30.3 Å². The van der Waals surface area contributed by atoms with E-state index in [1.165, 1.54) is 12.1 Å². The van der Waals surface area contributed by atoms with E-state index >= 15 is 0 Å². The molecule has 3 aromatic rings. The van der Waals surface area contributed by atoms with Crippen molar-refractivity contribution in [3.8, 4) is 17.6 Å². The molecule has 1 aliphatic rings. The molecule has 13 heteroatoms. The van der Waals surface area contributed by atoms with Gasteiger partial charge in [-0.25, -0.2) is 8.42 Å². The van der Waals surface area contributed by atoms with Crippen molar-refractivity contribution in [3.63, 3.8) is 0 Å². The molecule has 0 unspecified atom stereocenters. The smallest absolute Gasteiger partial charge is 0.416 e. The van der Waals surface area contributed by atoms with Crippen LogP contribution in [0.4, 0.5) is 30.2 Å². The van der Waals surface area contributed by atoms with Crippen LogP contribution in [0.5, 0.6) is 11.5 Å². The average molecular weight is 530 g/mol. The summed E-state index contributed by atoms with van der Waals surface area (Å²) in [7, 11) is -4.36. The van der Waals surface area contributed by atoms with E-state index in [0.29, 0.717) is 23.1 Å². The van der Waals surface area contributed by atoms with Crippen LogP contribution in [0.15, 0.2) is 71.1 Å². The summed E-state index contributed by atoms with van der Waals surface area (Å²) in [5.41, 5.74) is 4.57. The van der Waals surface area contributed by atoms with Crippen molar-refractivity contribution >= 4 is 39.1 Å². The minimum atomic E-state index is -4.66. The summed E-state index contributed by atoms with van der Waals surface area (Å²) in [5.74, 6) is 0.0961. The van der Waals surface area contributed by atoms with Crippen LogP contribution in [0.1, 0.15) is 11.1 Å². The van der Waals surface area contributed by atoms with Crippen molar-refractivity contribution in [2.24, 2.45) is 0 Å². The molecule has 1 aliphatic heterocycles. The van der Waals surface area contributed by atoms with Crippen molar-refractivity contribution in [2.75, 3.05) is 22.6 Å². The molecule has 0 spiro atoms. The Labute approximate surface area is 209 Å². The number of alkyl halides is 3. The molecule has 0 aromatic heterocycles. The lowest BCUT2D eigenvalue weighted by atomic mass is 10.1. The molecule has 0 bridgehead atoms. The Bertz CT molecular complexity index is 1560. The molecule has 1 heterocycles. The normalized spacial score (nSPS) is 13.1. The number of hydrogen-bond acceptors (Lipinski definition) is 7. The average Bonchev–Trinajstić information content (AvgIpc) is 3.31. The molecule has 0 atom stereocenters. The fourth-order valence-electron chi connectivity index (χ4n) is 3.29. The number of carbonyl (C=O) groups excluding carboxylic acids is 1. The Morgan fingerprint density at radius 2 is 1.81 bits per heavy atom. The molecule has 1 amide bonds. The number of halogens is 3. The predicted molar refractivity (Wildman–Crippen MR) is 128 cm³/mol. The van der Waals surface area contributed by atoms with E-state index in [1.807, 2.05) is 0 Å². The maximum absolute atomic E-state index is 13.0. The first kappa shape index (κ1) is 25.4. The number of nitrogens with two attached hydrogens (primary N) is 1. The Morgan fingerprint density at radius 3 is 2.54 bits per heavy atom. The number of carbonyl (C=O) groups is 1. The molecule has 4 N–H and O–H groups in total. The van der Waals surface area contributed by atoms with Gasteiger partial charge in [-0.3, -0.25) is 9.52 Å². The van der Waals surface area contributed by atoms with Gasteiger partial charge in [0.05, 0.1) is 21.8 Å². The molecule has 4 rings (SSSR count). The zero-order valence-corrected chi connectivity index (χ0v) is 19.5. The van der Waals surface area contributed by atoms with Crippen LogP contribution >= 0.6 is 0 Å². The Hall–Kier alpha value is -4.70. The van der Waals surface area contributed by atoms with E-state index in [9.17, 15) is 31.6 Å². The number of nitrogens with zero attached hydrogens (tertiary/aromatic N) is 1. The topological polar surface area (TPSA) is 144 Å². The van der Waals surface area contributed by atoms with Crippen LogP contribution in [0.2, 0.25) is 0 Å². The van der Waals surface area contributed by atoms with Gasteiger partial charge in [-0.05, 0) is 60.2 Å². The number of nitrogens with one attached hydrogen (secondary N) is 2. The summed E-state index contributed by atoms with van der Waals surface area (Å²) >= 11 is 0. The van der Waals surface area contributed by atoms with Crippen LogP contribution in [0.25, 0.3) is 6.08 Å². The molecule has 37 heavy (non-hydrogen) atoms. The number of nitriles is 1. The number of anilines is 3. The second-order valence-corrected chi connectivity index (χ2v) is 9.35. The van der Waals surface area contributed by atoms with Crippen molar-refractivity contribution < 1.29 is 35.9 Å². The number of amides is 1. The number of benzene rings is 3. The number of fused-ring (bicyclic) bond motifs is 1. The summed E-state index contributed by atoms with van der Waals surface area (Å²) in [6, 6.07) is 13.6. The maximum Gasteiger partial charge on any atom is 0.416 e. The van der Waals surface area contributed by atoms with Crippen LogP contribution in [-0.2, 0) is 21.0 Å². The zero-order chi connectivity index (χ0) is 26.8. The van der Waals surface area contributed by atoms with E-state index in [4.69, 9.17) is 15.2 Å². The summed E-state index contributed by atoms with van der Waals surface area (Å²) in [6.07, 6.45) is -3.37. The van der Waals surface area contributed by atoms with Gasteiger partial charge in [-0.1, -0.05) is 12.1 Å². The first-order valence-corrected chi connectivity index (χ1v) is 11.9. The SMILES string of the molecule is N#C/C(=C\c1ccc2c(c1)OCO2)C(=O)Nc1cc(S(=O)(=O)Nc2cccc(C(F)(F)F)c2)ccc1N. The Morgan fingerprint density at radius 1 is 1.05 bits per heavy atom. The second-order valence-electron chi connectivity index (χ2n) is 7.67. The largest absolute Gasteiger partial charge is 0.454 e. The zero-order valence-electron chi connectivity index (χ0n) is 18.7. The monoisotopic (exact) mass is 530 g/mol. The third-order valence-electron chi connectivity index (χ3n) is 5.10. The minimum Gasteiger partial charge on any atom is -0.454 e. The van der Waals surface area contributed by atoms with Gasteiger partial charge in [-0.2, -0.15) is 18.4 Å². The van der Waals surface area contributed by atoms with Crippen molar-refractivity contribution in [1.82, 2.24) is 0 Å². The Kier molecular flexibility index (Phi) is 6.69. The van der Waals surface area contributed by atoms with Gasteiger partial charge < -0.3 is 20.5 Å². The molecular formula is C24H17F3N4O5S. The van der Waals surface area contributed by atoms with Gasteiger partial charge in [0, 0.05) is 5.69 Å². The quantitative estimate of drug-likeness (QED) is 0.244. The van der Waals surface area contributed by atoms with E-state index < -0.39 is 27.7 Å². The van der Waals surface area contributed by atoms with E-state index in [1.54, 1.807) is 24.3 Å². The summed E-state index contributed by atoms with van der Waals surface area (Å²) in [4.78, 5) is 12.4. The highest BCUT2D eigenvalue weighted by molar-refractivity contribution is 7.92. The van der Waals surface area contributed by atoms with Crippen molar-refractivity contribution in [2.45, 2.75) is 11.1 Å². The Balaban J connectivity index is 1.56. The molecular weight excluding hydrogens is 513 g/mol. The first-order valence-electron chi connectivity index (χ1n) is 10.4. The highest BCUT2D eigenvalue weighted by Gasteiger charge is 2.31. The number of nitrogen functional groups attached to an aromatic ring is 1. The van der Waals surface area contributed by atoms with Crippen LogP contribution in [-0.4, -0.2) is 21.1 Å². The third-order valence-corrected chi connectivity index (χ3v) is 6.48. The van der Waals surface area contributed by atoms with E-state index in [2.05, 4.69) is 10.0 Å². The maximum atomic E-state index is 13.0. The number of hydrogen-bond donors (Lipinski definition) is 3. The third kappa shape index (κ3) is 5.76. The predicted octanol–water partition coefficient (Wildman–Crippen LogP) is 4.36. The summed E-state index contributed by atoms with van der Waals surface area (Å²) in [5, 5.41) is 11.9. The highest BCUT2D eigenvalue weighted by Crippen LogP contribution is 2.34. The molecule has 0 saturated heterocycles. The second kappa shape index (κ2) is 9.75. The van der Waals surface area contributed by atoms with Crippen LogP contribution in [0.3, 0.4) is 0 Å². The summed E-state index contributed by atoms with van der Waals surface area (Å²) < 4.78 is 77.0. The van der Waals surface area contributed by atoms with Crippen LogP contribution in [0, 0.1) is 11.3 Å². The lowest BCUT2D eigenvalue weighted by Crippen LogP contribution is -2.17. The molecule has 0 radical (unpaired) electrons. The molecule has 190 valence electrons. The number of sulfonamides is 1. The van der Waals surface area contributed by atoms with Gasteiger partial charge in [0.2, 0.25) is 6.79 Å². The lowest BCUT2D eigenvalue weighted by Gasteiger charge is -2.13. The van der Waals surface area contributed by atoms with Crippen LogP contribution < -0.4 is 25.2 Å². The molecule has 9 nitrogen and oxygen atoms in total. The van der Waals surface area contributed by atoms with Crippen molar-refractivity contribution in [3.05, 3.63) is 77.4 Å². The highest BCUT2D eigenvalue weighted by atomic mass is 32.2. The standard InChI is InChI=1S/C24H17F3N4O5S/c25-24(26,27)16-2-1-3-17(10-16)31-37(33,34)18-5-6-19(29)20(11-18)30-23(32)15(12-28)8-14-4-7-21-22(9-14)36-13-35-21/h1-11,31H,13,29H2,(H,30,32)/b15-8+. The number of rotatable bonds is 6.